The van der Waals surface area contributed by atoms with E-state index in [1.54, 1.807) is 0 Å². The Morgan fingerprint density at radius 2 is 2.00 bits per heavy atom. The van der Waals surface area contributed by atoms with E-state index >= 15 is 0 Å². The molecule has 20 heavy (non-hydrogen) atoms. The van der Waals surface area contributed by atoms with Crippen molar-refractivity contribution in [3.63, 3.8) is 0 Å². The van der Waals surface area contributed by atoms with Crippen molar-refractivity contribution < 1.29 is 0 Å². The molecule has 0 aliphatic heterocycles. The zero-order valence-corrected chi connectivity index (χ0v) is 13.9. The molecule has 3 nitrogen and oxygen atoms in total. The summed E-state index contributed by atoms with van der Waals surface area (Å²) < 4.78 is 0.757. The molecule has 0 bridgehead atoms. The van der Waals surface area contributed by atoms with Crippen LogP contribution in [0.5, 0.6) is 0 Å². The van der Waals surface area contributed by atoms with Gasteiger partial charge in [-0.15, -0.1) is 11.3 Å². The predicted octanol–water partition coefficient (Wildman–Crippen LogP) is 4.98. The summed E-state index contributed by atoms with van der Waals surface area (Å²) in [5, 5.41) is 3.34. The highest BCUT2D eigenvalue weighted by Gasteiger charge is 2.19. The van der Waals surface area contributed by atoms with Crippen LogP contribution in [0.15, 0.2) is 18.2 Å². The van der Waals surface area contributed by atoms with Gasteiger partial charge < -0.3 is 5.32 Å². The van der Waals surface area contributed by atoms with E-state index in [1.807, 2.05) is 18.2 Å². The molecule has 5 heteroatoms. The molecular formula is C15H20ClN3S. The molecule has 2 aromatic rings. The van der Waals surface area contributed by atoms with Crippen LogP contribution in [0.4, 0.5) is 5.82 Å². The van der Waals surface area contributed by atoms with Crippen molar-refractivity contribution in [1.29, 1.82) is 0 Å². The second-order valence-corrected chi connectivity index (χ2v) is 7.46. The maximum atomic E-state index is 6.01. The third kappa shape index (κ3) is 3.70. The van der Waals surface area contributed by atoms with Gasteiger partial charge in [0, 0.05) is 18.0 Å². The van der Waals surface area contributed by atoms with Gasteiger partial charge in [-0.3, -0.25) is 0 Å². The van der Waals surface area contributed by atoms with E-state index in [0.29, 0.717) is 0 Å². The minimum Gasteiger partial charge on any atom is -0.370 e. The van der Waals surface area contributed by atoms with Crippen molar-refractivity contribution in [3.8, 4) is 10.7 Å². The molecule has 2 rings (SSSR count). The smallest absolute Gasteiger partial charge is 0.171 e. The van der Waals surface area contributed by atoms with Crippen LogP contribution in [0.1, 0.15) is 39.8 Å². The van der Waals surface area contributed by atoms with Crippen LogP contribution in [-0.4, -0.2) is 16.5 Å². The number of rotatable bonds is 4. The average Bonchev–Trinajstić information content (AvgIpc) is 2.82. The largest absolute Gasteiger partial charge is 0.370 e. The Labute approximate surface area is 129 Å². The van der Waals surface area contributed by atoms with Gasteiger partial charge in [0.05, 0.1) is 14.9 Å². The average molecular weight is 310 g/mol. The topological polar surface area (TPSA) is 37.8 Å². The van der Waals surface area contributed by atoms with Crippen LogP contribution in [0.2, 0.25) is 4.34 Å². The molecule has 0 unspecified atom stereocenters. The summed E-state index contributed by atoms with van der Waals surface area (Å²) >= 11 is 7.52. The first-order valence-corrected chi connectivity index (χ1v) is 7.98. The molecule has 0 atom stereocenters. The summed E-state index contributed by atoms with van der Waals surface area (Å²) in [7, 11) is 0. The Morgan fingerprint density at radius 1 is 1.25 bits per heavy atom. The Kier molecular flexibility index (Phi) is 4.66. The van der Waals surface area contributed by atoms with Gasteiger partial charge in [-0.1, -0.05) is 39.3 Å². The molecule has 108 valence electrons. The molecule has 0 saturated carbocycles. The van der Waals surface area contributed by atoms with Gasteiger partial charge in [-0.05, 0) is 18.6 Å². The lowest BCUT2D eigenvalue weighted by molar-refractivity contribution is 0.568. The first kappa shape index (κ1) is 15.3. The third-order valence-electron chi connectivity index (χ3n) is 2.84. The van der Waals surface area contributed by atoms with Gasteiger partial charge in [-0.2, -0.15) is 0 Å². The summed E-state index contributed by atoms with van der Waals surface area (Å²) in [4.78, 5) is 10.3. The lowest BCUT2D eigenvalue weighted by Crippen LogP contribution is -2.16. The first-order chi connectivity index (χ1) is 9.40. The Morgan fingerprint density at radius 3 is 2.55 bits per heavy atom. The molecule has 0 aromatic carbocycles. The quantitative estimate of drug-likeness (QED) is 0.865. The number of hydrogen-bond acceptors (Lipinski definition) is 4. The van der Waals surface area contributed by atoms with Crippen LogP contribution < -0.4 is 5.32 Å². The molecule has 0 radical (unpaired) electrons. The minimum absolute atomic E-state index is 0.0125. The van der Waals surface area contributed by atoms with Crippen LogP contribution in [0, 0.1) is 0 Å². The number of nitrogens with one attached hydrogen (secondary N) is 1. The number of nitrogens with zero attached hydrogens (tertiary/aromatic N) is 2. The van der Waals surface area contributed by atoms with Crippen molar-refractivity contribution in [2.75, 3.05) is 11.9 Å². The lowest BCUT2D eigenvalue weighted by atomic mass is 9.92. The highest BCUT2D eigenvalue weighted by atomic mass is 35.5. The number of anilines is 1. The van der Waals surface area contributed by atoms with E-state index in [2.05, 4.69) is 38.0 Å². The minimum atomic E-state index is -0.0125. The fourth-order valence-electron chi connectivity index (χ4n) is 1.72. The SMILES string of the molecule is CCCNc1cc(C(C)(C)C)nc(-c2ccc(Cl)s2)n1. The van der Waals surface area contributed by atoms with E-state index in [9.17, 15) is 0 Å². The molecule has 0 saturated heterocycles. The summed E-state index contributed by atoms with van der Waals surface area (Å²) in [6.07, 6.45) is 1.06. The van der Waals surface area contributed by atoms with Gasteiger partial charge in [0.15, 0.2) is 5.82 Å². The fraction of sp³-hybridized carbons (Fsp3) is 0.467. The predicted molar refractivity (Wildman–Crippen MR) is 87.8 cm³/mol. The highest BCUT2D eigenvalue weighted by Crippen LogP contribution is 2.31. The number of halogens is 1. The van der Waals surface area contributed by atoms with Crippen LogP contribution >= 0.6 is 22.9 Å². The standard InChI is InChI=1S/C15H20ClN3S/c1-5-8-17-13-9-11(15(2,3)4)18-14(19-13)10-6-7-12(16)20-10/h6-7,9H,5,8H2,1-4H3,(H,17,18,19). The molecule has 0 fully saturated rings. The molecule has 2 heterocycles. The third-order valence-corrected chi connectivity index (χ3v) is 4.07. The van der Waals surface area contributed by atoms with Crippen LogP contribution in [-0.2, 0) is 5.41 Å². The van der Waals surface area contributed by atoms with E-state index in [0.717, 1.165) is 39.5 Å². The van der Waals surface area contributed by atoms with Crippen molar-refractivity contribution in [3.05, 3.63) is 28.2 Å². The van der Waals surface area contributed by atoms with Gasteiger partial charge in [0.2, 0.25) is 0 Å². The Bertz CT molecular complexity index is 587. The van der Waals surface area contributed by atoms with E-state index in [4.69, 9.17) is 16.6 Å². The van der Waals surface area contributed by atoms with Crippen LogP contribution in [0.3, 0.4) is 0 Å². The highest BCUT2D eigenvalue weighted by molar-refractivity contribution is 7.19. The maximum absolute atomic E-state index is 6.01. The van der Waals surface area contributed by atoms with Crippen molar-refractivity contribution in [2.24, 2.45) is 0 Å². The molecule has 0 spiro atoms. The summed E-state index contributed by atoms with van der Waals surface area (Å²) in [6, 6.07) is 5.89. The number of hydrogen-bond donors (Lipinski definition) is 1. The molecule has 2 aromatic heterocycles. The molecule has 1 N–H and O–H groups in total. The maximum Gasteiger partial charge on any atom is 0.171 e. The monoisotopic (exact) mass is 309 g/mol. The van der Waals surface area contributed by atoms with Crippen molar-refractivity contribution >= 4 is 28.8 Å². The van der Waals surface area contributed by atoms with Gasteiger partial charge in [0.25, 0.3) is 0 Å². The van der Waals surface area contributed by atoms with Gasteiger partial charge in [-0.25, -0.2) is 9.97 Å². The van der Waals surface area contributed by atoms with Crippen molar-refractivity contribution in [2.45, 2.75) is 39.5 Å². The normalized spacial score (nSPS) is 11.7. The summed E-state index contributed by atoms with van der Waals surface area (Å²) in [5.74, 6) is 1.62. The second-order valence-electron chi connectivity index (χ2n) is 5.74. The Balaban J connectivity index is 2.45. The molecular weight excluding hydrogens is 290 g/mol. The lowest BCUT2D eigenvalue weighted by Gasteiger charge is -2.19. The second kappa shape index (κ2) is 6.10. The number of aromatic nitrogens is 2. The molecule has 0 amide bonds. The van der Waals surface area contributed by atoms with Crippen LogP contribution in [0.25, 0.3) is 10.7 Å². The fourth-order valence-corrected chi connectivity index (χ4v) is 2.70. The van der Waals surface area contributed by atoms with Crippen molar-refractivity contribution in [1.82, 2.24) is 9.97 Å². The molecule has 0 aliphatic carbocycles. The van der Waals surface area contributed by atoms with E-state index < -0.39 is 0 Å². The summed E-state index contributed by atoms with van der Waals surface area (Å²) in [6.45, 7) is 9.52. The van der Waals surface area contributed by atoms with E-state index in [1.165, 1.54) is 11.3 Å². The van der Waals surface area contributed by atoms with Gasteiger partial charge >= 0.3 is 0 Å². The van der Waals surface area contributed by atoms with E-state index in [-0.39, 0.29) is 5.41 Å². The zero-order valence-electron chi connectivity index (χ0n) is 12.3. The molecule has 0 aliphatic rings. The van der Waals surface area contributed by atoms with Gasteiger partial charge in [0.1, 0.15) is 5.82 Å². The first-order valence-electron chi connectivity index (χ1n) is 6.79. The Hall–Kier alpha value is -1.13. The summed E-state index contributed by atoms with van der Waals surface area (Å²) in [5.41, 5.74) is 1.02. The number of thiophene rings is 1. The zero-order chi connectivity index (χ0) is 14.8.